The number of nitrogens with one attached hydrogen (secondary N) is 1. The fourth-order valence-electron chi connectivity index (χ4n) is 3.57. The third kappa shape index (κ3) is 3.46. The number of allylic oxidation sites excluding steroid dienone is 1. The zero-order chi connectivity index (χ0) is 19.0. The highest BCUT2D eigenvalue weighted by molar-refractivity contribution is 6.32. The lowest BCUT2D eigenvalue weighted by molar-refractivity contribution is -0.921. The molecule has 0 aliphatic carbocycles. The van der Waals surface area contributed by atoms with Gasteiger partial charge in [-0.1, -0.05) is 29.8 Å². The molecular formula is C21H21ClNO4+. The molecule has 0 unspecified atom stereocenters. The van der Waals surface area contributed by atoms with E-state index in [1.54, 1.807) is 18.2 Å². The van der Waals surface area contributed by atoms with Crippen molar-refractivity contribution >= 4 is 23.5 Å². The number of Topliss-reactive ketones (excluding diaryl/α,β-unsaturated/α-hetero) is 1. The Labute approximate surface area is 162 Å². The lowest BCUT2D eigenvalue weighted by Gasteiger charge is -2.24. The number of carbonyl (C=O) groups is 1. The summed E-state index contributed by atoms with van der Waals surface area (Å²) in [6.45, 7) is 5.51. The molecule has 4 rings (SSSR count). The topological polar surface area (TPSA) is 60.2 Å². The number of quaternary nitrogens is 1. The second-order valence-corrected chi connectivity index (χ2v) is 7.30. The van der Waals surface area contributed by atoms with Gasteiger partial charge in [0.2, 0.25) is 5.78 Å². The van der Waals surface area contributed by atoms with Crippen LogP contribution in [-0.2, 0) is 11.3 Å². The highest BCUT2D eigenvalue weighted by Gasteiger charge is 2.34. The van der Waals surface area contributed by atoms with E-state index in [-0.39, 0.29) is 17.3 Å². The molecule has 0 bridgehead atoms. The first-order valence-corrected chi connectivity index (χ1v) is 9.38. The zero-order valence-corrected chi connectivity index (χ0v) is 15.8. The Bertz CT molecular complexity index is 932. The molecule has 2 aliphatic rings. The molecule has 0 saturated carbocycles. The predicted octanol–water partition coefficient (Wildman–Crippen LogP) is 2.39. The highest BCUT2D eigenvalue weighted by Crippen LogP contribution is 2.41. The first-order valence-electron chi connectivity index (χ1n) is 9.00. The number of aromatic hydroxyl groups is 1. The summed E-state index contributed by atoms with van der Waals surface area (Å²) in [4.78, 5) is 14.2. The van der Waals surface area contributed by atoms with E-state index in [1.165, 1.54) is 4.90 Å². The molecule has 0 aromatic heterocycles. The van der Waals surface area contributed by atoms with Gasteiger partial charge < -0.3 is 19.5 Å². The Morgan fingerprint density at radius 1 is 1.26 bits per heavy atom. The number of benzene rings is 2. The number of ketones is 1. The summed E-state index contributed by atoms with van der Waals surface area (Å²) in [6.07, 6.45) is 1.66. The van der Waals surface area contributed by atoms with Crippen LogP contribution in [0.25, 0.3) is 6.08 Å². The van der Waals surface area contributed by atoms with Crippen molar-refractivity contribution in [3.05, 3.63) is 63.4 Å². The number of carbonyl (C=O) groups excluding carboxylic acids is 1. The van der Waals surface area contributed by atoms with Crippen LogP contribution >= 0.6 is 11.6 Å². The van der Waals surface area contributed by atoms with E-state index in [1.807, 2.05) is 25.1 Å². The second kappa shape index (κ2) is 7.35. The van der Waals surface area contributed by atoms with Crippen molar-refractivity contribution in [2.24, 2.45) is 0 Å². The number of aryl methyl sites for hydroxylation is 1. The van der Waals surface area contributed by atoms with Crippen molar-refractivity contribution in [2.75, 3.05) is 26.3 Å². The Balaban J connectivity index is 1.72. The lowest BCUT2D eigenvalue weighted by atomic mass is 9.99. The summed E-state index contributed by atoms with van der Waals surface area (Å²) in [5, 5.41) is 11.1. The molecule has 140 valence electrons. The van der Waals surface area contributed by atoms with Gasteiger partial charge in [0, 0.05) is 5.02 Å². The molecule has 2 aromatic carbocycles. The van der Waals surface area contributed by atoms with Gasteiger partial charge in [0.25, 0.3) is 0 Å². The number of halogens is 1. The minimum absolute atomic E-state index is 0.164. The Morgan fingerprint density at radius 3 is 2.74 bits per heavy atom. The van der Waals surface area contributed by atoms with Crippen LogP contribution in [0.15, 0.2) is 36.1 Å². The SMILES string of the molecule is Cc1cc(O)c(C[NH+]2CCOCC2)c2c1C(=O)/C(=C/c1ccccc1Cl)O2. The van der Waals surface area contributed by atoms with Gasteiger partial charge in [0.1, 0.15) is 25.4 Å². The Morgan fingerprint density at radius 2 is 2.00 bits per heavy atom. The van der Waals surface area contributed by atoms with Gasteiger partial charge in [0.15, 0.2) is 11.5 Å². The van der Waals surface area contributed by atoms with Gasteiger partial charge in [-0.3, -0.25) is 4.79 Å². The van der Waals surface area contributed by atoms with Crippen molar-refractivity contribution in [1.82, 2.24) is 0 Å². The van der Waals surface area contributed by atoms with Gasteiger partial charge in [-0.05, 0) is 36.3 Å². The van der Waals surface area contributed by atoms with Gasteiger partial charge in [0.05, 0.1) is 24.3 Å². The summed E-state index contributed by atoms with van der Waals surface area (Å²) in [5.41, 5.74) is 2.62. The van der Waals surface area contributed by atoms with Crippen LogP contribution in [0, 0.1) is 6.92 Å². The van der Waals surface area contributed by atoms with E-state index in [9.17, 15) is 9.90 Å². The largest absolute Gasteiger partial charge is 0.507 e. The number of morpholine rings is 1. The summed E-state index contributed by atoms with van der Waals surface area (Å²) in [5.74, 6) is 0.678. The molecule has 2 aliphatic heterocycles. The quantitative estimate of drug-likeness (QED) is 0.795. The fourth-order valence-corrected chi connectivity index (χ4v) is 3.76. The van der Waals surface area contributed by atoms with Crippen LogP contribution in [0.5, 0.6) is 11.5 Å². The van der Waals surface area contributed by atoms with Gasteiger partial charge in [-0.15, -0.1) is 0 Å². The normalized spacial score (nSPS) is 18.6. The number of hydrogen-bond acceptors (Lipinski definition) is 4. The maximum Gasteiger partial charge on any atom is 0.232 e. The van der Waals surface area contributed by atoms with Crippen LogP contribution in [0.2, 0.25) is 5.02 Å². The Kier molecular flexibility index (Phi) is 4.91. The molecule has 0 spiro atoms. The van der Waals surface area contributed by atoms with Crippen LogP contribution < -0.4 is 9.64 Å². The van der Waals surface area contributed by atoms with E-state index in [2.05, 4.69) is 0 Å². The molecule has 2 N–H and O–H groups in total. The third-order valence-electron chi connectivity index (χ3n) is 5.04. The number of hydrogen-bond donors (Lipinski definition) is 2. The molecule has 5 nitrogen and oxygen atoms in total. The molecule has 6 heteroatoms. The minimum Gasteiger partial charge on any atom is -0.507 e. The first kappa shape index (κ1) is 18.0. The minimum atomic E-state index is -0.180. The highest BCUT2D eigenvalue weighted by atomic mass is 35.5. The average Bonchev–Trinajstić information content (AvgIpc) is 2.98. The summed E-state index contributed by atoms with van der Waals surface area (Å²) in [7, 11) is 0. The van der Waals surface area contributed by atoms with E-state index in [4.69, 9.17) is 21.1 Å². The van der Waals surface area contributed by atoms with Crippen molar-refractivity contribution in [3.8, 4) is 11.5 Å². The van der Waals surface area contributed by atoms with Crippen molar-refractivity contribution in [2.45, 2.75) is 13.5 Å². The number of phenolic OH excluding ortho intramolecular Hbond substituents is 1. The summed E-state index contributed by atoms with van der Waals surface area (Å²) >= 11 is 6.21. The van der Waals surface area contributed by atoms with Gasteiger partial charge in [-0.25, -0.2) is 0 Å². The number of phenols is 1. The van der Waals surface area contributed by atoms with Crippen LogP contribution in [0.1, 0.15) is 27.0 Å². The van der Waals surface area contributed by atoms with Crippen LogP contribution in [0.4, 0.5) is 0 Å². The maximum atomic E-state index is 12.9. The van der Waals surface area contributed by atoms with E-state index in [0.29, 0.717) is 47.2 Å². The van der Waals surface area contributed by atoms with E-state index in [0.717, 1.165) is 18.7 Å². The summed E-state index contributed by atoms with van der Waals surface area (Å²) in [6, 6.07) is 8.94. The van der Waals surface area contributed by atoms with Crippen molar-refractivity contribution < 1.29 is 24.3 Å². The van der Waals surface area contributed by atoms with Crippen molar-refractivity contribution in [3.63, 3.8) is 0 Å². The van der Waals surface area contributed by atoms with E-state index < -0.39 is 0 Å². The molecular weight excluding hydrogens is 366 g/mol. The monoisotopic (exact) mass is 386 g/mol. The molecule has 1 fully saturated rings. The molecule has 0 amide bonds. The maximum absolute atomic E-state index is 12.9. The smallest absolute Gasteiger partial charge is 0.232 e. The number of ether oxygens (including phenoxy) is 2. The van der Waals surface area contributed by atoms with E-state index >= 15 is 0 Å². The van der Waals surface area contributed by atoms with Crippen LogP contribution in [-0.4, -0.2) is 37.2 Å². The molecule has 0 radical (unpaired) electrons. The lowest BCUT2D eigenvalue weighted by Crippen LogP contribution is -3.12. The van der Waals surface area contributed by atoms with Gasteiger partial charge >= 0.3 is 0 Å². The molecule has 2 aromatic rings. The fraction of sp³-hybridized carbons (Fsp3) is 0.286. The summed E-state index contributed by atoms with van der Waals surface area (Å²) < 4.78 is 11.4. The Hall–Kier alpha value is -2.34. The van der Waals surface area contributed by atoms with Gasteiger partial charge in [-0.2, -0.15) is 0 Å². The predicted molar refractivity (Wildman–Crippen MR) is 102 cm³/mol. The second-order valence-electron chi connectivity index (χ2n) is 6.90. The molecule has 0 atom stereocenters. The molecule has 2 heterocycles. The third-order valence-corrected chi connectivity index (χ3v) is 5.38. The van der Waals surface area contributed by atoms with Crippen molar-refractivity contribution in [1.29, 1.82) is 0 Å². The zero-order valence-electron chi connectivity index (χ0n) is 15.0. The first-order chi connectivity index (χ1) is 13.0. The number of fused-ring (bicyclic) bond motifs is 1. The van der Waals surface area contributed by atoms with Crippen LogP contribution in [0.3, 0.4) is 0 Å². The standard InChI is InChI=1S/C21H20ClNO4/c1-13-10-17(24)15(12-23-6-8-26-9-7-23)21-19(13)20(25)18(27-21)11-14-4-2-3-5-16(14)22/h2-5,10-11,24H,6-9,12H2,1H3/p+1/b18-11-. The number of rotatable bonds is 3. The molecule has 1 saturated heterocycles. The average molecular weight is 387 g/mol. The molecule has 27 heavy (non-hydrogen) atoms.